The van der Waals surface area contributed by atoms with Crippen LogP contribution in [-0.2, 0) is 19.1 Å². The summed E-state index contributed by atoms with van der Waals surface area (Å²) >= 11 is 0. The molecule has 0 aromatic rings. The van der Waals surface area contributed by atoms with Gasteiger partial charge in [0.2, 0.25) is 11.8 Å². The molecule has 118 valence electrons. The Hall–Kier alpha value is -1.66. The smallest absolute Gasteiger partial charge is 0.249 e. The zero-order chi connectivity index (χ0) is 15.7. The van der Waals surface area contributed by atoms with Crippen LogP contribution >= 0.6 is 0 Å². The van der Waals surface area contributed by atoms with E-state index >= 15 is 0 Å². The molecule has 6 nitrogen and oxygen atoms in total. The van der Waals surface area contributed by atoms with E-state index in [1.807, 2.05) is 0 Å². The summed E-state index contributed by atoms with van der Waals surface area (Å²) in [6.07, 6.45) is 1.34. The number of ether oxygens (including phenoxy) is 2. The highest BCUT2D eigenvalue weighted by molar-refractivity contribution is 5.92. The highest BCUT2D eigenvalue weighted by Gasteiger charge is 2.16. The summed E-state index contributed by atoms with van der Waals surface area (Å²) in [5.41, 5.74) is 0.604. The molecule has 2 aliphatic rings. The number of rotatable bonds is 2. The van der Waals surface area contributed by atoms with E-state index in [0.29, 0.717) is 58.2 Å². The quantitative estimate of drug-likeness (QED) is 0.694. The predicted molar refractivity (Wildman–Crippen MR) is 79.8 cm³/mol. The maximum Gasteiger partial charge on any atom is 0.249 e. The average Bonchev–Trinajstić information content (AvgIpc) is 2.55. The van der Waals surface area contributed by atoms with Crippen molar-refractivity contribution in [3.63, 3.8) is 0 Å². The van der Waals surface area contributed by atoms with Gasteiger partial charge in [0.05, 0.1) is 26.4 Å². The highest BCUT2D eigenvalue weighted by Crippen LogP contribution is 2.02. The lowest BCUT2D eigenvalue weighted by Gasteiger charge is -2.26. The number of morpholine rings is 2. The molecule has 0 bridgehead atoms. The highest BCUT2D eigenvalue weighted by atomic mass is 16.5. The van der Waals surface area contributed by atoms with Crippen LogP contribution in [0.25, 0.3) is 0 Å². The summed E-state index contributed by atoms with van der Waals surface area (Å²) in [6, 6.07) is 0. The van der Waals surface area contributed by atoms with Crippen molar-refractivity contribution in [1.82, 2.24) is 9.80 Å². The molecule has 21 heavy (non-hydrogen) atoms. The van der Waals surface area contributed by atoms with Gasteiger partial charge in [-0.05, 0) is 13.0 Å². The van der Waals surface area contributed by atoms with Crippen molar-refractivity contribution in [3.05, 3.63) is 24.8 Å². The van der Waals surface area contributed by atoms with Gasteiger partial charge in [0.1, 0.15) is 0 Å². The molecule has 0 unspecified atom stereocenters. The van der Waals surface area contributed by atoms with Gasteiger partial charge in [-0.15, -0.1) is 0 Å². The Bertz CT molecular complexity index is 383. The van der Waals surface area contributed by atoms with Crippen LogP contribution in [0.15, 0.2) is 24.8 Å². The molecule has 0 saturated carbocycles. The second-order valence-corrected chi connectivity index (χ2v) is 4.83. The molecular formula is C15H24N2O4. The summed E-state index contributed by atoms with van der Waals surface area (Å²) in [6.45, 7) is 14.1. The minimum absolute atomic E-state index is 0.00306. The minimum atomic E-state index is 0.00306. The number of nitrogens with zero attached hydrogens (tertiary/aromatic N) is 2. The monoisotopic (exact) mass is 296 g/mol. The van der Waals surface area contributed by atoms with E-state index in [1.54, 1.807) is 16.7 Å². The molecule has 0 spiro atoms. The summed E-state index contributed by atoms with van der Waals surface area (Å²) in [5, 5.41) is 0. The molecule has 2 saturated heterocycles. The van der Waals surface area contributed by atoms with Crippen molar-refractivity contribution in [2.75, 3.05) is 52.6 Å². The van der Waals surface area contributed by atoms with Crippen molar-refractivity contribution in [3.8, 4) is 0 Å². The van der Waals surface area contributed by atoms with Crippen molar-refractivity contribution in [1.29, 1.82) is 0 Å². The number of hydrogen-bond acceptors (Lipinski definition) is 4. The molecule has 0 aromatic carbocycles. The van der Waals surface area contributed by atoms with Gasteiger partial charge in [-0.25, -0.2) is 0 Å². The zero-order valence-corrected chi connectivity index (χ0v) is 12.7. The lowest BCUT2D eigenvalue weighted by atomic mass is 10.3. The molecule has 2 aliphatic heterocycles. The van der Waals surface area contributed by atoms with Gasteiger partial charge in [-0.1, -0.05) is 13.2 Å². The minimum Gasteiger partial charge on any atom is -0.378 e. The van der Waals surface area contributed by atoms with Gasteiger partial charge in [-0.2, -0.15) is 0 Å². The van der Waals surface area contributed by atoms with Crippen LogP contribution in [-0.4, -0.2) is 74.2 Å². The third-order valence-electron chi connectivity index (χ3n) is 3.16. The summed E-state index contributed by atoms with van der Waals surface area (Å²) in [4.78, 5) is 25.7. The molecule has 2 rings (SSSR count). The Kier molecular flexibility index (Phi) is 7.71. The van der Waals surface area contributed by atoms with Crippen molar-refractivity contribution in [2.24, 2.45) is 0 Å². The third kappa shape index (κ3) is 6.10. The maximum absolute atomic E-state index is 11.3. The fourth-order valence-electron chi connectivity index (χ4n) is 1.95. The van der Waals surface area contributed by atoms with Gasteiger partial charge < -0.3 is 19.3 Å². The van der Waals surface area contributed by atoms with Crippen LogP contribution in [0.3, 0.4) is 0 Å². The van der Waals surface area contributed by atoms with Gasteiger partial charge in [-0.3, -0.25) is 9.59 Å². The van der Waals surface area contributed by atoms with E-state index in [1.165, 1.54) is 6.08 Å². The number of carbonyl (C=O) groups excluding carboxylic acids is 2. The first kappa shape index (κ1) is 17.4. The number of amides is 2. The second-order valence-electron chi connectivity index (χ2n) is 4.83. The van der Waals surface area contributed by atoms with Crippen LogP contribution in [0.2, 0.25) is 0 Å². The van der Waals surface area contributed by atoms with Crippen LogP contribution < -0.4 is 0 Å². The van der Waals surface area contributed by atoms with Gasteiger partial charge in [0.25, 0.3) is 0 Å². The van der Waals surface area contributed by atoms with Crippen molar-refractivity contribution >= 4 is 11.8 Å². The van der Waals surface area contributed by atoms with E-state index in [0.717, 1.165) is 0 Å². The standard InChI is InChI=1S/C8H13NO2.C7H11NO2/c1-7(2)8(10)9-3-5-11-6-4-9;1-2-7(9)8-3-5-10-6-4-8/h1,3-6H2,2H3;2H,1,3-6H2. The lowest BCUT2D eigenvalue weighted by molar-refractivity contribution is -0.131. The number of hydrogen-bond donors (Lipinski definition) is 0. The van der Waals surface area contributed by atoms with E-state index in [4.69, 9.17) is 9.47 Å². The normalized spacial score (nSPS) is 18.3. The lowest BCUT2D eigenvalue weighted by Crippen LogP contribution is -2.40. The third-order valence-corrected chi connectivity index (χ3v) is 3.16. The van der Waals surface area contributed by atoms with E-state index < -0.39 is 0 Å². The molecule has 6 heteroatoms. The zero-order valence-electron chi connectivity index (χ0n) is 12.7. The van der Waals surface area contributed by atoms with E-state index in [2.05, 4.69) is 13.2 Å². The van der Waals surface area contributed by atoms with Gasteiger partial charge in [0.15, 0.2) is 0 Å². The first-order valence-electron chi connectivity index (χ1n) is 7.08. The summed E-state index contributed by atoms with van der Waals surface area (Å²) < 4.78 is 10.2. The molecule has 0 atom stereocenters. The van der Waals surface area contributed by atoms with E-state index in [9.17, 15) is 9.59 Å². The Morgan fingerprint density at radius 1 is 0.952 bits per heavy atom. The molecule has 2 fully saturated rings. The summed E-state index contributed by atoms with van der Waals surface area (Å²) in [5.74, 6) is 0.0524. The Labute approximate surface area is 126 Å². The molecule has 0 radical (unpaired) electrons. The fourth-order valence-corrected chi connectivity index (χ4v) is 1.95. The van der Waals surface area contributed by atoms with Crippen molar-refractivity contribution in [2.45, 2.75) is 6.92 Å². The second kappa shape index (κ2) is 9.31. The Morgan fingerprint density at radius 2 is 1.38 bits per heavy atom. The molecular weight excluding hydrogens is 272 g/mol. The van der Waals surface area contributed by atoms with Crippen molar-refractivity contribution < 1.29 is 19.1 Å². The van der Waals surface area contributed by atoms with Crippen LogP contribution in [0, 0.1) is 0 Å². The maximum atomic E-state index is 11.3. The Morgan fingerprint density at radius 3 is 1.76 bits per heavy atom. The topological polar surface area (TPSA) is 59.1 Å². The van der Waals surface area contributed by atoms with Crippen LogP contribution in [0.4, 0.5) is 0 Å². The van der Waals surface area contributed by atoms with Crippen LogP contribution in [0.1, 0.15) is 6.92 Å². The van der Waals surface area contributed by atoms with Gasteiger partial charge in [0, 0.05) is 31.8 Å². The van der Waals surface area contributed by atoms with E-state index in [-0.39, 0.29) is 11.8 Å². The predicted octanol–water partition coefficient (Wildman–Crippen LogP) is 0.453. The van der Waals surface area contributed by atoms with Gasteiger partial charge >= 0.3 is 0 Å². The number of carbonyl (C=O) groups is 2. The molecule has 0 N–H and O–H groups in total. The first-order chi connectivity index (χ1) is 10.1. The fraction of sp³-hybridized carbons (Fsp3) is 0.600. The first-order valence-corrected chi connectivity index (χ1v) is 7.08. The summed E-state index contributed by atoms with van der Waals surface area (Å²) in [7, 11) is 0. The molecule has 0 aliphatic carbocycles. The Balaban J connectivity index is 0.000000211. The average molecular weight is 296 g/mol. The molecule has 2 amide bonds. The molecule has 0 aromatic heterocycles. The SMILES string of the molecule is C=C(C)C(=O)N1CCOCC1.C=CC(=O)N1CCOCC1. The van der Waals surface area contributed by atoms with Crippen LogP contribution in [0.5, 0.6) is 0 Å². The molecule has 2 heterocycles. The largest absolute Gasteiger partial charge is 0.378 e.